The summed E-state index contributed by atoms with van der Waals surface area (Å²) in [5.41, 5.74) is 7.08. The van der Waals surface area contributed by atoms with E-state index in [-0.39, 0.29) is 0 Å². The van der Waals surface area contributed by atoms with Crippen LogP contribution in [-0.2, 0) is 24.3 Å². The molecule has 2 aromatic carbocycles. The van der Waals surface area contributed by atoms with Gasteiger partial charge >= 0.3 is 0 Å². The molecule has 1 aromatic heterocycles. The minimum Gasteiger partial charge on any atom is -0.443 e. The zero-order chi connectivity index (χ0) is 18.2. The van der Waals surface area contributed by atoms with E-state index in [0.717, 1.165) is 42.8 Å². The predicted octanol–water partition coefficient (Wildman–Crippen LogP) is 4.25. The van der Waals surface area contributed by atoms with Crippen molar-refractivity contribution in [2.45, 2.75) is 38.2 Å². The maximum Gasteiger partial charge on any atom is 0.181 e. The molecule has 2 heterocycles. The Morgan fingerprint density at radius 3 is 3.15 bits per heavy atom. The van der Waals surface area contributed by atoms with Crippen molar-refractivity contribution in [1.29, 1.82) is 0 Å². The lowest BCUT2D eigenvalue weighted by Gasteiger charge is -2.30. The maximum atomic E-state index is 5.46. The van der Waals surface area contributed by atoms with Gasteiger partial charge in [-0.2, -0.15) is 4.89 Å². The van der Waals surface area contributed by atoms with Crippen molar-refractivity contribution < 1.29 is 14.2 Å². The zero-order valence-corrected chi connectivity index (χ0v) is 15.6. The SMILES string of the molecule is CN(CCc1ccc2ncoc2c1)C[C@@H]1CCCc2c1ccc1c2OOC1. The maximum absolute atomic E-state index is 5.46. The third-order valence-corrected chi connectivity index (χ3v) is 5.86. The van der Waals surface area contributed by atoms with Crippen molar-refractivity contribution in [3.63, 3.8) is 0 Å². The molecule has 5 heteroatoms. The van der Waals surface area contributed by atoms with E-state index in [0.29, 0.717) is 12.5 Å². The van der Waals surface area contributed by atoms with E-state index in [9.17, 15) is 0 Å². The van der Waals surface area contributed by atoms with Crippen molar-refractivity contribution in [2.75, 3.05) is 20.1 Å². The Hall–Kier alpha value is -2.37. The number of fused-ring (bicyclic) bond motifs is 4. The molecule has 2 aliphatic rings. The lowest BCUT2D eigenvalue weighted by atomic mass is 9.81. The number of oxazole rings is 1. The largest absolute Gasteiger partial charge is 0.443 e. The second-order valence-corrected chi connectivity index (χ2v) is 7.72. The van der Waals surface area contributed by atoms with E-state index in [1.54, 1.807) is 0 Å². The van der Waals surface area contributed by atoms with Crippen LogP contribution >= 0.6 is 0 Å². The molecule has 1 aliphatic heterocycles. The second kappa shape index (κ2) is 6.98. The standard InChI is InChI=1S/C22H24N2O3/c1-24(10-9-15-5-8-20-21(11-15)25-14-23-20)12-16-3-2-4-19-18(16)7-6-17-13-26-27-22(17)19/h5-8,11,14,16H,2-4,9-10,12-13H2,1H3/t16-/m0/s1. The fourth-order valence-electron chi connectivity index (χ4n) is 4.41. The summed E-state index contributed by atoms with van der Waals surface area (Å²) in [4.78, 5) is 17.3. The van der Waals surface area contributed by atoms with Gasteiger partial charge in [-0.05, 0) is 61.9 Å². The average molecular weight is 364 g/mol. The summed E-state index contributed by atoms with van der Waals surface area (Å²) in [6.07, 6.45) is 6.06. The summed E-state index contributed by atoms with van der Waals surface area (Å²) in [5.74, 6) is 1.55. The molecule has 5 rings (SSSR count). The highest BCUT2D eigenvalue weighted by Gasteiger charge is 2.28. The molecule has 0 amide bonds. The van der Waals surface area contributed by atoms with Crippen LogP contribution in [0.1, 0.15) is 41.0 Å². The van der Waals surface area contributed by atoms with Gasteiger partial charge in [0.25, 0.3) is 0 Å². The van der Waals surface area contributed by atoms with Gasteiger partial charge in [0.05, 0.1) is 0 Å². The number of likely N-dealkylation sites (N-methyl/N-ethyl adjacent to an activating group) is 1. The van der Waals surface area contributed by atoms with Gasteiger partial charge < -0.3 is 14.2 Å². The van der Waals surface area contributed by atoms with Gasteiger partial charge in [0, 0.05) is 24.2 Å². The van der Waals surface area contributed by atoms with Gasteiger partial charge in [-0.15, -0.1) is 0 Å². The molecule has 0 bridgehead atoms. The Morgan fingerprint density at radius 1 is 1.22 bits per heavy atom. The second-order valence-electron chi connectivity index (χ2n) is 7.72. The van der Waals surface area contributed by atoms with Gasteiger partial charge in [0.1, 0.15) is 12.1 Å². The average Bonchev–Trinajstić information content (AvgIpc) is 3.35. The molecule has 0 unspecified atom stereocenters. The van der Waals surface area contributed by atoms with Crippen molar-refractivity contribution in [2.24, 2.45) is 0 Å². The van der Waals surface area contributed by atoms with Gasteiger partial charge in [-0.3, -0.25) is 0 Å². The number of nitrogens with zero attached hydrogens (tertiary/aromatic N) is 2. The van der Waals surface area contributed by atoms with Crippen LogP contribution in [0.5, 0.6) is 5.75 Å². The molecule has 0 fully saturated rings. The third kappa shape index (κ3) is 3.22. The van der Waals surface area contributed by atoms with Gasteiger partial charge in [0.2, 0.25) is 0 Å². The zero-order valence-electron chi connectivity index (χ0n) is 15.6. The number of aromatic nitrogens is 1. The van der Waals surface area contributed by atoms with E-state index >= 15 is 0 Å². The van der Waals surface area contributed by atoms with Crippen LogP contribution in [0.4, 0.5) is 0 Å². The first-order valence-electron chi connectivity index (χ1n) is 9.73. The quantitative estimate of drug-likeness (QED) is 0.634. The third-order valence-electron chi connectivity index (χ3n) is 5.86. The van der Waals surface area contributed by atoms with Crippen LogP contribution in [0.2, 0.25) is 0 Å². The molecule has 27 heavy (non-hydrogen) atoms. The van der Waals surface area contributed by atoms with Crippen molar-refractivity contribution >= 4 is 11.1 Å². The molecule has 140 valence electrons. The lowest BCUT2D eigenvalue weighted by Crippen LogP contribution is -2.28. The van der Waals surface area contributed by atoms with Crippen molar-refractivity contribution in [3.05, 3.63) is 59.0 Å². The molecule has 0 saturated carbocycles. The number of rotatable bonds is 5. The van der Waals surface area contributed by atoms with Crippen LogP contribution in [0.3, 0.4) is 0 Å². The predicted molar refractivity (Wildman–Crippen MR) is 103 cm³/mol. The van der Waals surface area contributed by atoms with Crippen LogP contribution in [0, 0.1) is 0 Å². The lowest BCUT2D eigenvalue weighted by molar-refractivity contribution is -0.195. The van der Waals surface area contributed by atoms with E-state index in [1.165, 1.54) is 41.5 Å². The van der Waals surface area contributed by atoms with E-state index in [1.807, 2.05) is 6.07 Å². The molecule has 0 saturated heterocycles. The molecule has 0 spiro atoms. The molecule has 0 N–H and O–H groups in total. The highest BCUT2D eigenvalue weighted by atomic mass is 17.2. The van der Waals surface area contributed by atoms with E-state index in [2.05, 4.69) is 41.2 Å². The summed E-state index contributed by atoms with van der Waals surface area (Å²) in [5, 5.41) is 0. The highest BCUT2D eigenvalue weighted by molar-refractivity contribution is 5.72. The Bertz CT molecular complexity index is 965. The molecule has 1 aliphatic carbocycles. The van der Waals surface area contributed by atoms with Gasteiger partial charge in [-0.25, -0.2) is 4.98 Å². The first-order valence-corrected chi connectivity index (χ1v) is 9.73. The summed E-state index contributed by atoms with van der Waals surface area (Å²) in [7, 11) is 2.22. The highest BCUT2D eigenvalue weighted by Crippen LogP contribution is 2.41. The summed E-state index contributed by atoms with van der Waals surface area (Å²) in [6.45, 7) is 2.66. The van der Waals surface area contributed by atoms with E-state index in [4.69, 9.17) is 14.2 Å². The fourth-order valence-corrected chi connectivity index (χ4v) is 4.41. The molecule has 3 aromatic rings. The normalized spacial score (nSPS) is 18.5. The van der Waals surface area contributed by atoms with Crippen LogP contribution in [-0.4, -0.2) is 30.0 Å². The Morgan fingerprint density at radius 2 is 2.19 bits per heavy atom. The Balaban J connectivity index is 1.26. The molecular weight excluding hydrogens is 340 g/mol. The first-order chi connectivity index (χ1) is 13.3. The van der Waals surface area contributed by atoms with Crippen molar-refractivity contribution in [1.82, 2.24) is 9.88 Å². The minimum atomic E-state index is 0.560. The Labute approximate surface area is 158 Å². The number of benzene rings is 2. The minimum absolute atomic E-state index is 0.560. The topological polar surface area (TPSA) is 47.7 Å². The van der Waals surface area contributed by atoms with Gasteiger partial charge in [0.15, 0.2) is 17.7 Å². The monoisotopic (exact) mass is 364 g/mol. The first kappa shape index (κ1) is 16.8. The summed E-state index contributed by atoms with van der Waals surface area (Å²) >= 11 is 0. The summed E-state index contributed by atoms with van der Waals surface area (Å²) in [6, 6.07) is 10.8. The fraction of sp³-hybridized carbons (Fsp3) is 0.409. The summed E-state index contributed by atoms with van der Waals surface area (Å²) < 4.78 is 5.42. The van der Waals surface area contributed by atoms with E-state index < -0.39 is 0 Å². The molecular formula is C22H24N2O3. The van der Waals surface area contributed by atoms with Crippen LogP contribution in [0.25, 0.3) is 11.1 Å². The molecule has 0 radical (unpaired) electrons. The Kier molecular flexibility index (Phi) is 4.34. The number of hydrogen-bond acceptors (Lipinski definition) is 5. The number of hydrogen-bond donors (Lipinski definition) is 0. The van der Waals surface area contributed by atoms with Crippen LogP contribution in [0.15, 0.2) is 41.1 Å². The van der Waals surface area contributed by atoms with Crippen LogP contribution < -0.4 is 4.89 Å². The van der Waals surface area contributed by atoms with Crippen molar-refractivity contribution in [3.8, 4) is 5.75 Å². The molecule has 1 atom stereocenters. The molecule has 5 nitrogen and oxygen atoms in total. The smallest absolute Gasteiger partial charge is 0.181 e. The van der Waals surface area contributed by atoms with Gasteiger partial charge in [-0.1, -0.05) is 18.2 Å².